The first-order valence-corrected chi connectivity index (χ1v) is 7.10. The molecule has 0 aliphatic carbocycles. The van der Waals surface area contributed by atoms with Gasteiger partial charge in [-0.2, -0.15) is 0 Å². The summed E-state index contributed by atoms with van der Waals surface area (Å²) in [4.78, 5) is 0. The van der Waals surface area contributed by atoms with Crippen molar-refractivity contribution < 1.29 is 0 Å². The first-order chi connectivity index (χ1) is 8.34. The largest absolute Gasteiger partial charge is 0.313 e. The Balaban J connectivity index is -0.000000285. The summed E-state index contributed by atoms with van der Waals surface area (Å²) < 4.78 is 0. The lowest BCUT2D eigenvalue weighted by molar-refractivity contribution is 0.723. The molecule has 0 aliphatic rings. The van der Waals surface area contributed by atoms with Crippen molar-refractivity contribution in [2.75, 3.05) is 6.54 Å². The molecule has 0 heterocycles. The highest BCUT2D eigenvalue weighted by molar-refractivity contribution is 5.25. The van der Waals surface area contributed by atoms with Crippen molar-refractivity contribution >= 4 is 0 Å². The molecule has 0 saturated carbocycles. The molecule has 1 aromatic carbocycles. The number of rotatable bonds is 3. The predicted molar refractivity (Wildman–Crippen MR) is 82.6 cm³/mol. The zero-order valence-electron chi connectivity index (χ0n) is 13.2. The molecule has 1 N–H and O–H groups in total. The van der Waals surface area contributed by atoms with Gasteiger partial charge in [0.2, 0.25) is 0 Å². The molecule has 1 rings (SSSR count). The van der Waals surface area contributed by atoms with Crippen LogP contribution in [0.15, 0.2) is 24.3 Å². The maximum Gasteiger partial charge on any atom is 0.0208 e. The Morgan fingerprint density at radius 3 is 1.76 bits per heavy atom. The first-order valence-electron chi connectivity index (χ1n) is 7.10. The van der Waals surface area contributed by atoms with Crippen molar-refractivity contribution in [2.45, 2.75) is 61.9 Å². The first kappa shape index (κ1) is 21.5. The molecule has 1 nitrogen and oxygen atoms in total. The highest BCUT2D eigenvalue weighted by Gasteiger charge is 1.93. The molecule has 0 atom stereocenters. The molecule has 0 bridgehead atoms. The van der Waals surface area contributed by atoms with Gasteiger partial charge >= 0.3 is 0 Å². The average molecular weight is 239 g/mol. The highest BCUT2D eigenvalue weighted by Crippen LogP contribution is 2.05. The van der Waals surface area contributed by atoms with E-state index in [9.17, 15) is 0 Å². The van der Waals surface area contributed by atoms with Crippen molar-refractivity contribution in [1.29, 1.82) is 0 Å². The van der Waals surface area contributed by atoms with Crippen molar-refractivity contribution in [3.8, 4) is 0 Å². The molecule has 1 heteroatoms. The third-order valence-electron chi connectivity index (χ3n) is 1.83. The Morgan fingerprint density at radius 1 is 0.882 bits per heavy atom. The normalized spacial score (nSPS) is 7.53. The van der Waals surface area contributed by atoms with Gasteiger partial charge < -0.3 is 5.32 Å². The van der Waals surface area contributed by atoms with E-state index in [2.05, 4.69) is 43.4 Å². The van der Waals surface area contributed by atoms with Gasteiger partial charge in [0.25, 0.3) is 0 Å². The van der Waals surface area contributed by atoms with Crippen LogP contribution in [-0.2, 0) is 6.54 Å². The van der Waals surface area contributed by atoms with Crippen LogP contribution in [0.4, 0.5) is 0 Å². The molecule has 0 spiro atoms. The summed E-state index contributed by atoms with van der Waals surface area (Å²) in [6.45, 7) is 18.3. The second kappa shape index (κ2) is 20.6. The van der Waals surface area contributed by atoms with E-state index in [0.717, 1.165) is 13.1 Å². The summed E-state index contributed by atoms with van der Waals surface area (Å²) >= 11 is 0. The van der Waals surface area contributed by atoms with Crippen LogP contribution in [0.5, 0.6) is 0 Å². The van der Waals surface area contributed by atoms with Gasteiger partial charge in [-0.1, -0.05) is 72.7 Å². The van der Waals surface area contributed by atoms with Crippen molar-refractivity contribution in [2.24, 2.45) is 0 Å². The van der Waals surface area contributed by atoms with E-state index >= 15 is 0 Å². The smallest absolute Gasteiger partial charge is 0.0208 e. The summed E-state index contributed by atoms with van der Waals surface area (Å²) in [6, 6.07) is 8.47. The zero-order valence-corrected chi connectivity index (χ0v) is 13.2. The van der Waals surface area contributed by atoms with Gasteiger partial charge in [0.1, 0.15) is 0 Å². The van der Waals surface area contributed by atoms with Crippen molar-refractivity contribution in [1.82, 2.24) is 5.32 Å². The minimum Gasteiger partial charge on any atom is -0.313 e. The molecule has 0 saturated heterocycles. The van der Waals surface area contributed by atoms with Gasteiger partial charge in [0.05, 0.1) is 0 Å². The van der Waals surface area contributed by atoms with Gasteiger partial charge in [-0.25, -0.2) is 0 Å². The Morgan fingerprint density at radius 2 is 1.35 bits per heavy atom. The van der Waals surface area contributed by atoms with Crippen LogP contribution in [0, 0.1) is 6.92 Å². The van der Waals surface area contributed by atoms with Gasteiger partial charge in [0, 0.05) is 6.54 Å². The molecule has 17 heavy (non-hydrogen) atoms. The van der Waals surface area contributed by atoms with E-state index in [-0.39, 0.29) is 0 Å². The summed E-state index contributed by atoms with van der Waals surface area (Å²) in [5.41, 5.74) is 2.77. The maximum absolute atomic E-state index is 3.31. The van der Waals surface area contributed by atoms with Gasteiger partial charge in [-0.05, 0) is 24.6 Å². The Bertz CT molecular complexity index is 219. The van der Waals surface area contributed by atoms with Crippen molar-refractivity contribution in [3.63, 3.8) is 0 Å². The Hall–Kier alpha value is -0.820. The van der Waals surface area contributed by atoms with E-state index in [4.69, 9.17) is 0 Å². The van der Waals surface area contributed by atoms with Crippen molar-refractivity contribution in [3.05, 3.63) is 35.4 Å². The number of hydrogen-bond donors (Lipinski definition) is 1. The van der Waals surface area contributed by atoms with E-state index < -0.39 is 0 Å². The number of nitrogens with one attached hydrogen (secondary N) is 1. The number of hydrogen-bond acceptors (Lipinski definition) is 1. The Labute approximate surface area is 110 Å². The van der Waals surface area contributed by atoms with Crippen LogP contribution in [0.25, 0.3) is 0 Å². The summed E-state index contributed by atoms with van der Waals surface area (Å²) in [5.74, 6) is 0. The van der Waals surface area contributed by atoms with E-state index in [0.29, 0.717) is 0 Å². The number of aryl methyl sites for hydroxylation is 1. The van der Waals surface area contributed by atoms with Gasteiger partial charge in [0.15, 0.2) is 0 Å². The third-order valence-corrected chi connectivity index (χ3v) is 1.83. The Kier molecular flexibility index (Phi) is 26.0. The fraction of sp³-hybridized carbons (Fsp3) is 0.625. The standard InChI is InChI=1S/C10H15N.3C2H6/c1-3-11-8-10-7-5-4-6-9(10)2;3*1-2/h4-7,11H,3,8H2,1-2H3;3*1-2H3. The minimum atomic E-state index is 0.989. The molecule has 1 aromatic rings. The number of benzene rings is 1. The van der Waals surface area contributed by atoms with E-state index in [1.54, 1.807) is 0 Å². The molecule has 0 fully saturated rings. The molecular formula is C16H33N. The molecule has 0 unspecified atom stereocenters. The lowest BCUT2D eigenvalue weighted by Gasteiger charge is -2.04. The van der Waals surface area contributed by atoms with E-state index in [1.165, 1.54) is 11.1 Å². The summed E-state index contributed by atoms with van der Waals surface area (Å²) in [7, 11) is 0. The molecule has 0 amide bonds. The van der Waals surface area contributed by atoms with Gasteiger partial charge in [-0.15, -0.1) is 0 Å². The SMILES string of the molecule is CC.CC.CC.CCNCc1ccccc1C. The van der Waals surface area contributed by atoms with Gasteiger partial charge in [-0.3, -0.25) is 0 Å². The average Bonchev–Trinajstić information content (AvgIpc) is 2.45. The molecule has 102 valence electrons. The van der Waals surface area contributed by atoms with Crippen LogP contribution in [0.3, 0.4) is 0 Å². The summed E-state index contributed by atoms with van der Waals surface area (Å²) in [6.07, 6.45) is 0. The lowest BCUT2D eigenvalue weighted by atomic mass is 10.1. The monoisotopic (exact) mass is 239 g/mol. The minimum absolute atomic E-state index is 0.989. The highest BCUT2D eigenvalue weighted by atomic mass is 14.8. The maximum atomic E-state index is 3.31. The third kappa shape index (κ3) is 13.1. The second-order valence-electron chi connectivity index (χ2n) is 2.71. The topological polar surface area (TPSA) is 12.0 Å². The molecule has 0 aromatic heterocycles. The fourth-order valence-corrected chi connectivity index (χ4v) is 1.07. The quantitative estimate of drug-likeness (QED) is 0.766. The lowest BCUT2D eigenvalue weighted by Crippen LogP contribution is -2.12. The zero-order chi connectivity index (χ0) is 14.1. The predicted octanol–water partition coefficient (Wildman–Crippen LogP) is 5.18. The van der Waals surface area contributed by atoms with Crippen LogP contribution in [0.1, 0.15) is 59.6 Å². The molecular weight excluding hydrogens is 206 g/mol. The van der Waals surface area contributed by atoms with Crippen LogP contribution in [0.2, 0.25) is 0 Å². The summed E-state index contributed by atoms with van der Waals surface area (Å²) in [5, 5.41) is 3.31. The van der Waals surface area contributed by atoms with Crippen LogP contribution >= 0.6 is 0 Å². The second-order valence-corrected chi connectivity index (χ2v) is 2.71. The molecule has 0 radical (unpaired) electrons. The van der Waals surface area contributed by atoms with Crippen LogP contribution in [-0.4, -0.2) is 6.54 Å². The molecule has 0 aliphatic heterocycles. The van der Waals surface area contributed by atoms with Crippen LogP contribution < -0.4 is 5.32 Å². The van der Waals surface area contributed by atoms with E-state index in [1.807, 2.05) is 41.5 Å². The fourth-order valence-electron chi connectivity index (χ4n) is 1.07.